The van der Waals surface area contributed by atoms with Gasteiger partial charge in [0, 0.05) is 57.6 Å². The van der Waals surface area contributed by atoms with E-state index in [0.29, 0.717) is 19.0 Å². The summed E-state index contributed by atoms with van der Waals surface area (Å²) in [6, 6.07) is 7.61. The number of anilines is 3. The highest BCUT2D eigenvalue weighted by Crippen LogP contribution is 2.21. The highest BCUT2D eigenvalue weighted by molar-refractivity contribution is 5.79. The second kappa shape index (κ2) is 8.30. The molecular weight excluding hydrogens is 344 g/mol. The molecule has 1 amide bonds. The van der Waals surface area contributed by atoms with Crippen LogP contribution in [-0.4, -0.2) is 65.2 Å². The number of carbonyl (C=O) groups is 1. The number of rotatable bonds is 4. The number of carbonyl (C=O) groups excluding carboxylic acids is 1. The number of nitrogens with zero attached hydrogens (tertiary/aromatic N) is 5. The van der Waals surface area contributed by atoms with Gasteiger partial charge in [-0.05, 0) is 25.0 Å². The highest BCUT2D eigenvalue weighted by atomic mass is 16.5. The zero-order chi connectivity index (χ0) is 18.5. The molecular formula is C19H24N6O2. The molecule has 1 N–H and O–H groups in total. The van der Waals surface area contributed by atoms with Crippen LogP contribution in [0.25, 0.3) is 0 Å². The molecule has 8 heteroatoms. The Morgan fingerprint density at radius 2 is 1.85 bits per heavy atom. The third kappa shape index (κ3) is 4.33. The van der Waals surface area contributed by atoms with E-state index in [1.165, 1.54) is 0 Å². The topological polar surface area (TPSA) is 83.5 Å². The van der Waals surface area contributed by atoms with E-state index >= 15 is 0 Å². The molecule has 2 aromatic rings. The molecule has 0 bridgehead atoms. The maximum absolute atomic E-state index is 12.7. The predicted octanol–water partition coefficient (Wildman–Crippen LogP) is 1.69. The van der Waals surface area contributed by atoms with Crippen LogP contribution >= 0.6 is 0 Å². The van der Waals surface area contributed by atoms with Gasteiger partial charge in [-0.2, -0.15) is 0 Å². The molecule has 0 spiro atoms. The van der Waals surface area contributed by atoms with Crippen molar-refractivity contribution in [1.29, 1.82) is 0 Å². The molecule has 2 aliphatic rings. The fourth-order valence-electron chi connectivity index (χ4n) is 3.51. The Hall–Kier alpha value is -2.74. The minimum atomic E-state index is 0.124. The van der Waals surface area contributed by atoms with E-state index < -0.39 is 0 Å². The number of ether oxygens (including phenoxy) is 1. The summed E-state index contributed by atoms with van der Waals surface area (Å²) in [6.45, 7) is 4.39. The molecule has 0 atom stereocenters. The second-order valence-electron chi connectivity index (χ2n) is 6.80. The fraction of sp³-hybridized carbons (Fsp3) is 0.474. The molecule has 0 saturated carbocycles. The van der Waals surface area contributed by atoms with Crippen molar-refractivity contribution >= 4 is 23.4 Å². The summed E-state index contributed by atoms with van der Waals surface area (Å²) in [5.74, 6) is 2.71. The Balaban J connectivity index is 1.35. The van der Waals surface area contributed by atoms with Gasteiger partial charge in [0.1, 0.15) is 23.8 Å². The monoisotopic (exact) mass is 368 g/mol. The SMILES string of the molecule is O=C(C1CCOCC1)N1CCN(c2cc(Nc3ccccn3)ncn2)CC1. The Morgan fingerprint density at radius 3 is 2.59 bits per heavy atom. The molecule has 2 fully saturated rings. The normalized spacial score (nSPS) is 18.4. The van der Waals surface area contributed by atoms with Crippen LogP contribution < -0.4 is 10.2 Å². The summed E-state index contributed by atoms with van der Waals surface area (Å²) in [7, 11) is 0. The number of aromatic nitrogens is 3. The van der Waals surface area contributed by atoms with E-state index in [0.717, 1.165) is 50.7 Å². The van der Waals surface area contributed by atoms with E-state index in [4.69, 9.17) is 4.74 Å². The van der Waals surface area contributed by atoms with Gasteiger partial charge in [-0.3, -0.25) is 4.79 Å². The van der Waals surface area contributed by atoms with Gasteiger partial charge in [0.05, 0.1) is 0 Å². The van der Waals surface area contributed by atoms with Gasteiger partial charge in [0.15, 0.2) is 0 Å². The molecule has 0 radical (unpaired) electrons. The van der Waals surface area contributed by atoms with Crippen LogP contribution in [-0.2, 0) is 9.53 Å². The number of hydrogen-bond acceptors (Lipinski definition) is 7. The Kier molecular flexibility index (Phi) is 5.43. The summed E-state index contributed by atoms with van der Waals surface area (Å²) in [6.07, 6.45) is 4.97. The van der Waals surface area contributed by atoms with E-state index in [1.54, 1.807) is 12.5 Å². The van der Waals surface area contributed by atoms with Crippen molar-refractivity contribution in [1.82, 2.24) is 19.9 Å². The lowest BCUT2D eigenvalue weighted by Gasteiger charge is -2.37. The standard InChI is InChI=1S/C19H24N6O2/c26-19(15-4-11-27-12-5-15)25-9-7-24(8-10-25)18-13-17(21-14-22-18)23-16-3-1-2-6-20-16/h1-3,6,13-15H,4-5,7-12H2,(H,20,21,22,23). The maximum Gasteiger partial charge on any atom is 0.225 e. The molecule has 0 unspecified atom stereocenters. The quantitative estimate of drug-likeness (QED) is 0.879. The maximum atomic E-state index is 12.7. The fourth-order valence-corrected chi connectivity index (χ4v) is 3.51. The zero-order valence-corrected chi connectivity index (χ0v) is 15.3. The van der Waals surface area contributed by atoms with Crippen molar-refractivity contribution < 1.29 is 9.53 Å². The van der Waals surface area contributed by atoms with Gasteiger partial charge < -0.3 is 19.9 Å². The van der Waals surface area contributed by atoms with Crippen LogP contribution in [0, 0.1) is 5.92 Å². The first kappa shape index (κ1) is 17.7. The summed E-state index contributed by atoms with van der Waals surface area (Å²) < 4.78 is 5.36. The lowest BCUT2D eigenvalue weighted by molar-refractivity contribution is -0.138. The number of nitrogens with one attached hydrogen (secondary N) is 1. The van der Waals surface area contributed by atoms with Crippen molar-refractivity contribution in [2.24, 2.45) is 5.92 Å². The minimum Gasteiger partial charge on any atom is -0.381 e. The molecule has 2 aromatic heterocycles. The van der Waals surface area contributed by atoms with Crippen LogP contribution in [0.15, 0.2) is 36.8 Å². The second-order valence-corrected chi connectivity index (χ2v) is 6.80. The predicted molar refractivity (Wildman–Crippen MR) is 102 cm³/mol. The first-order valence-corrected chi connectivity index (χ1v) is 9.41. The van der Waals surface area contributed by atoms with Crippen molar-refractivity contribution in [3.8, 4) is 0 Å². The zero-order valence-electron chi connectivity index (χ0n) is 15.3. The Bertz CT molecular complexity index is 758. The molecule has 142 valence electrons. The van der Waals surface area contributed by atoms with Crippen LogP contribution in [0.3, 0.4) is 0 Å². The molecule has 4 heterocycles. The van der Waals surface area contributed by atoms with Gasteiger partial charge in [-0.1, -0.05) is 6.07 Å². The van der Waals surface area contributed by atoms with Crippen LogP contribution in [0.2, 0.25) is 0 Å². The van der Waals surface area contributed by atoms with Crippen molar-refractivity contribution in [3.63, 3.8) is 0 Å². The molecule has 0 aliphatic carbocycles. The summed E-state index contributed by atoms with van der Waals surface area (Å²) in [5.41, 5.74) is 0. The van der Waals surface area contributed by atoms with E-state index in [9.17, 15) is 4.79 Å². The number of pyridine rings is 1. The Labute approximate surface area is 158 Å². The van der Waals surface area contributed by atoms with Gasteiger partial charge in [0.25, 0.3) is 0 Å². The number of amides is 1. The number of piperazine rings is 1. The Morgan fingerprint density at radius 1 is 1.04 bits per heavy atom. The largest absolute Gasteiger partial charge is 0.381 e. The van der Waals surface area contributed by atoms with Crippen molar-refractivity contribution in [2.75, 3.05) is 49.6 Å². The van der Waals surface area contributed by atoms with E-state index in [2.05, 4.69) is 25.2 Å². The third-order valence-corrected chi connectivity index (χ3v) is 5.06. The summed E-state index contributed by atoms with van der Waals surface area (Å²) in [5, 5.41) is 3.19. The third-order valence-electron chi connectivity index (χ3n) is 5.06. The van der Waals surface area contributed by atoms with Crippen LogP contribution in [0.1, 0.15) is 12.8 Å². The van der Waals surface area contributed by atoms with Gasteiger partial charge in [-0.15, -0.1) is 0 Å². The van der Waals surface area contributed by atoms with E-state index in [1.807, 2.05) is 29.2 Å². The lowest BCUT2D eigenvalue weighted by atomic mass is 9.98. The molecule has 2 saturated heterocycles. The molecule has 2 aliphatic heterocycles. The lowest BCUT2D eigenvalue weighted by Crippen LogP contribution is -2.51. The first-order valence-electron chi connectivity index (χ1n) is 9.41. The van der Waals surface area contributed by atoms with Gasteiger partial charge in [0.2, 0.25) is 5.91 Å². The van der Waals surface area contributed by atoms with Crippen molar-refractivity contribution in [2.45, 2.75) is 12.8 Å². The molecule has 8 nitrogen and oxygen atoms in total. The number of hydrogen-bond donors (Lipinski definition) is 1. The smallest absolute Gasteiger partial charge is 0.225 e. The average molecular weight is 368 g/mol. The summed E-state index contributed by atoms with van der Waals surface area (Å²) in [4.78, 5) is 29.8. The van der Waals surface area contributed by atoms with Crippen LogP contribution in [0.5, 0.6) is 0 Å². The minimum absolute atomic E-state index is 0.124. The molecule has 27 heavy (non-hydrogen) atoms. The van der Waals surface area contributed by atoms with Crippen LogP contribution in [0.4, 0.5) is 17.5 Å². The molecule has 4 rings (SSSR count). The summed E-state index contributed by atoms with van der Waals surface area (Å²) >= 11 is 0. The van der Waals surface area contributed by atoms with Crippen molar-refractivity contribution in [3.05, 3.63) is 36.8 Å². The highest BCUT2D eigenvalue weighted by Gasteiger charge is 2.29. The van der Waals surface area contributed by atoms with Gasteiger partial charge in [-0.25, -0.2) is 15.0 Å². The van der Waals surface area contributed by atoms with E-state index in [-0.39, 0.29) is 11.8 Å². The molecule has 0 aromatic carbocycles. The van der Waals surface area contributed by atoms with Gasteiger partial charge >= 0.3 is 0 Å². The first-order chi connectivity index (χ1) is 13.3. The average Bonchev–Trinajstić information content (AvgIpc) is 2.75.